The van der Waals surface area contributed by atoms with Crippen molar-refractivity contribution in [2.45, 2.75) is 25.4 Å². The van der Waals surface area contributed by atoms with Crippen LogP contribution < -0.4 is 11.1 Å². The van der Waals surface area contributed by atoms with Gasteiger partial charge in [0.1, 0.15) is 0 Å². The van der Waals surface area contributed by atoms with Crippen LogP contribution in [0.3, 0.4) is 0 Å². The molecule has 0 saturated heterocycles. The number of aromatic nitrogens is 2. The summed E-state index contributed by atoms with van der Waals surface area (Å²) < 4.78 is 2.87. The van der Waals surface area contributed by atoms with Crippen LogP contribution in [0.1, 0.15) is 12.0 Å². The SMILES string of the molecule is CSCC[C@H](N)C(=O)Nc1ccc(CCn2cc(Br)cn2)cc1.Cl. The number of rotatable bonds is 8. The standard InChI is InChI=1S/C16H21BrN4OS.ClH/c1-23-9-7-15(18)16(22)20-14-4-2-12(3-5-14)6-8-21-11-13(17)10-19-21;/h2-5,10-11,15H,6-9,18H2,1H3,(H,20,22);1H/t15-;/m0./s1. The Labute approximate surface area is 161 Å². The number of nitrogens with zero attached hydrogens (tertiary/aromatic N) is 2. The van der Waals surface area contributed by atoms with Crippen LogP contribution in [0.15, 0.2) is 41.1 Å². The van der Waals surface area contributed by atoms with Crippen LogP contribution in [-0.2, 0) is 17.8 Å². The first-order valence-corrected chi connectivity index (χ1v) is 9.59. The van der Waals surface area contributed by atoms with Crippen molar-refractivity contribution in [2.75, 3.05) is 17.3 Å². The fraction of sp³-hybridized carbons (Fsp3) is 0.375. The van der Waals surface area contributed by atoms with Gasteiger partial charge in [0.25, 0.3) is 0 Å². The molecule has 1 aromatic carbocycles. The van der Waals surface area contributed by atoms with Crippen molar-refractivity contribution >= 4 is 51.7 Å². The third-order valence-electron chi connectivity index (χ3n) is 3.42. The second-order valence-corrected chi connectivity index (χ2v) is 7.15. The van der Waals surface area contributed by atoms with Crippen molar-refractivity contribution in [3.63, 3.8) is 0 Å². The van der Waals surface area contributed by atoms with Crippen molar-refractivity contribution in [1.82, 2.24) is 9.78 Å². The number of aryl methyl sites for hydroxylation is 2. The van der Waals surface area contributed by atoms with Gasteiger partial charge in [0.2, 0.25) is 5.91 Å². The molecule has 0 spiro atoms. The molecule has 1 aromatic heterocycles. The molecule has 0 aliphatic rings. The van der Waals surface area contributed by atoms with E-state index in [1.165, 1.54) is 5.56 Å². The molecule has 2 rings (SSSR count). The minimum atomic E-state index is -0.458. The minimum absolute atomic E-state index is 0. The van der Waals surface area contributed by atoms with E-state index in [1.54, 1.807) is 18.0 Å². The lowest BCUT2D eigenvalue weighted by Gasteiger charge is -2.12. The van der Waals surface area contributed by atoms with E-state index in [-0.39, 0.29) is 18.3 Å². The Hall–Kier alpha value is -1.02. The molecule has 1 heterocycles. The van der Waals surface area contributed by atoms with Crippen LogP contribution >= 0.6 is 40.1 Å². The maximum Gasteiger partial charge on any atom is 0.241 e. The average Bonchev–Trinajstić information content (AvgIpc) is 2.97. The molecule has 3 N–H and O–H groups in total. The number of amides is 1. The fourth-order valence-corrected chi connectivity index (χ4v) is 2.89. The number of nitrogens with one attached hydrogen (secondary N) is 1. The number of hydrogen-bond donors (Lipinski definition) is 2. The van der Waals surface area contributed by atoms with E-state index in [9.17, 15) is 4.79 Å². The van der Waals surface area contributed by atoms with Crippen LogP contribution in [-0.4, -0.2) is 33.7 Å². The highest BCUT2D eigenvalue weighted by Gasteiger charge is 2.12. The van der Waals surface area contributed by atoms with Gasteiger partial charge >= 0.3 is 0 Å². The molecule has 5 nitrogen and oxygen atoms in total. The Balaban J connectivity index is 0.00000288. The number of thioether (sulfide) groups is 1. The largest absolute Gasteiger partial charge is 0.325 e. The van der Waals surface area contributed by atoms with Gasteiger partial charge in [-0.15, -0.1) is 12.4 Å². The lowest BCUT2D eigenvalue weighted by molar-refractivity contribution is -0.117. The van der Waals surface area contributed by atoms with Crippen LogP contribution in [0.25, 0.3) is 0 Å². The third kappa shape index (κ3) is 6.84. The lowest BCUT2D eigenvalue weighted by Crippen LogP contribution is -2.36. The number of nitrogens with two attached hydrogens (primary N) is 1. The normalized spacial score (nSPS) is 11.6. The predicted molar refractivity (Wildman–Crippen MR) is 107 cm³/mol. The first kappa shape index (κ1) is 21.0. The second-order valence-electron chi connectivity index (χ2n) is 5.25. The van der Waals surface area contributed by atoms with Crippen molar-refractivity contribution in [2.24, 2.45) is 5.73 Å². The van der Waals surface area contributed by atoms with E-state index in [2.05, 4.69) is 26.3 Å². The van der Waals surface area contributed by atoms with Gasteiger partial charge < -0.3 is 11.1 Å². The smallest absolute Gasteiger partial charge is 0.241 e. The minimum Gasteiger partial charge on any atom is -0.325 e. The van der Waals surface area contributed by atoms with Gasteiger partial charge in [0, 0.05) is 18.4 Å². The zero-order chi connectivity index (χ0) is 16.7. The zero-order valence-corrected chi connectivity index (χ0v) is 16.7. The first-order chi connectivity index (χ1) is 11.1. The van der Waals surface area contributed by atoms with E-state index < -0.39 is 6.04 Å². The maximum atomic E-state index is 12.0. The van der Waals surface area contributed by atoms with Crippen molar-refractivity contribution in [3.05, 3.63) is 46.7 Å². The molecule has 1 amide bonds. The highest BCUT2D eigenvalue weighted by atomic mass is 79.9. The summed E-state index contributed by atoms with van der Waals surface area (Å²) in [4.78, 5) is 12.0. The molecule has 0 saturated carbocycles. The van der Waals surface area contributed by atoms with Crippen LogP contribution in [0.2, 0.25) is 0 Å². The van der Waals surface area contributed by atoms with Crippen LogP contribution in [0.5, 0.6) is 0 Å². The topological polar surface area (TPSA) is 72.9 Å². The average molecular weight is 434 g/mol. The number of carbonyl (C=O) groups excluding carboxylic acids is 1. The van der Waals surface area contributed by atoms with Gasteiger partial charge in [-0.1, -0.05) is 12.1 Å². The molecule has 0 fully saturated rings. The number of halogens is 2. The molecule has 0 unspecified atom stereocenters. The molecule has 132 valence electrons. The second kappa shape index (κ2) is 10.8. The van der Waals surface area contributed by atoms with Gasteiger partial charge in [-0.3, -0.25) is 9.48 Å². The van der Waals surface area contributed by atoms with Crippen molar-refractivity contribution in [1.29, 1.82) is 0 Å². The van der Waals surface area contributed by atoms with Crippen molar-refractivity contribution in [3.8, 4) is 0 Å². The molecule has 0 aliphatic carbocycles. The number of carbonyl (C=O) groups is 1. The summed E-state index contributed by atoms with van der Waals surface area (Å²) in [7, 11) is 0. The van der Waals surface area contributed by atoms with Gasteiger partial charge in [0.05, 0.1) is 16.7 Å². The summed E-state index contributed by atoms with van der Waals surface area (Å²) in [5.74, 6) is 0.755. The van der Waals surface area contributed by atoms with E-state index >= 15 is 0 Å². The van der Waals surface area contributed by atoms with E-state index in [0.29, 0.717) is 6.42 Å². The monoisotopic (exact) mass is 432 g/mol. The molecule has 1 atom stereocenters. The highest BCUT2D eigenvalue weighted by Crippen LogP contribution is 2.12. The summed E-state index contributed by atoms with van der Waals surface area (Å²) in [6, 6.07) is 7.39. The molecule has 0 radical (unpaired) electrons. The Morgan fingerprint density at radius 2 is 2.12 bits per heavy atom. The third-order valence-corrected chi connectivity index (χ3v) is 4.48. The molecular formula is C16H22BrClN4OS. The summed E-state index contributed by atoms with van der Waals surface area (Å²) in [6.45, 7) is 0.816. The summed E-state index contributed by atoms with van der Waals surface area (Å²) in [6.07, 6.45) is 7.30. The highest BCUT2D eigenvalue weighted by molar-refractivity contribution is 9.10. The Kier molecular flexibility index (Phi) is 9.43. The molecule has 8 heteroatoms. The maximum absolute atomic E-state index is 12.0. The fourth-order valence-electron chi connectivity index (χ4n) is 2.07. The lowest BCUT2D eigenvalue weighted by atomic mass is 10.1. The number of hydrogen-bond acceptors (Lipinski definition) is 4. The molecule has 0 aliphatic heterocycles. The first-order valence-electron chi connectivity index (χ1n) is 7.41. The Morgan fingerprint density at radius 1 is 1.42 bits per heavy atom. The number of benzene rings is 1. The van der Waals surface area contributed by atoms with Gasteiger partial charge in [-0.2, -0.15) is 16.9 Å². The van der Waals surface area contributed by atoms with Crippen LogP contribution in [0, 0.1) is 0 Å². The summed E-state index contributed by atoms with van der Waals surface area (Å²) in [5.41, 5.74) is 7.83. The summed E-state index contributed by atoms with van der Waals surface area (Å²) >= 11 is 5.07. The molecule has 2 aromatic rings. The van der Waals surface area contributed by atoms with E-state index in [0.717, 1.165) is 28.9 Å². The van der Waals surface area contributed by atoms with Gasteiger partial charge in [0.15, 0.2) is 0 Å². The van der Waals surface area contributed by atoms with E-state index in [1.807, 2.05) is 41.4 Å². The van der Waals surface area contributed by atoms with Gasteiger partial charge in [-0.25, -0.2) is 0 Å². The Morgan fingerprint density at radius 3 is 2.71 bits per heavy atom. The molecule has 24 heavy (non-hydrogen) atoms. The predicted octanol–water partition coefficient (Wildman–Crippen LogP) is 3.33. The molecular weight excluding hydrogens is 412 g/mol. The number of anilines is 1. The van der Waals surface area contributed by atoms with Crippen molar-refractivity contribution < 1.29 is 4.79 Å². The summed E-state index contributed by atoms with van der Waals surface area (Å²) in [5, 5.41) is 7.09. The van der Waals surface area contributed by atoms with Gasteiger partial charge in [-0.05, 0) is 58.5 Å². The van der Waals surface area contributed by atoms with Crippen LogP contribution in [0.4, 0.5) is 5.69 Å². The Bertz CT molecular complexity index is 635. The van der Waals surface area contributed by atoms with E-state index in [4.69, 9.17) is 5.73 Å². The zero-order valence-electron chi connectivity index (χ0n) is 13.4. The molecule has 0 bridgehead atoms. The quantitative estimate of drug-likeness (QED) is 0.670.